The topological polar surface area (TPSA) is 46.9 Å². The molecule has 0 spiro atoms. The molecule has 0 radical (unpaired) electrons. The summed E-state index contributed by atoms with van der Waals surface area (Å²) in [5.74, 6) is 0.592. The predicted octanol–water partition coefficient (Wildman–Crippen LogP) is 5.23. The summed E-state index contributed by atoms with van der Waals surface area (Å²) in [7, 11) is 0. The molecule has 5 heteroatoms. The lowest BCUT2D eigenvalue weighted by atomic mass is 10.1. The molecular formula is C23H20ClN3O. The van der Waals surface area contributed by atoms with Crippen LogP contribution in [-0.2, 0) is 6.54 Å². The minimum absolute atomic E-state index is 0.0841. The molecule has 4 rings (SSSR count). The number of hydrogen-bond acceptors (Lipinski definition) is 2. The number of halogens is 1. The van der Waals surface area contributed by atoms with Crippen molar-refractivity contribution in [3.05, 3.63) is 101 Å². The molecule has 1 heterocycles. The van der Waals surface area contributed by atoms with Gasteiger partial charge in [-0.15, -0.1) is 0 Å². The van der Waals surface area contributed by atoms with Crippen molar-refractivity contribution in [3.63, 3.8) is 0 Å². The van der Waals surface area contributed by atoms with Gasteiger partial charge in [-0.05, 0) is 36.8 Å². The first kappa shape index (κ1) is 18.3. The van der Waals surface area contributed by atoms with Gasteiger partial charge < -0.3 is 9.88 Å². The van der Waals surface area contributed by atoms with Gasteiger partial charge in [0.15, 0.2) is 0 Å². The molecule has 4 nitrogen and oxygen atoms in total. The molecule has 0 aliphatic rings. The number of amides is 1. The molecule has 0 bridgehead atoms. The van der Waals surface area contributed by atoms with E-state index in [-0.39, 0.29) is 11.9 Å². The number of para-hydroxylation sites is 2. The highest BCUT2D eigenvalue weighted by molar-refractivity contribution is 6.33. The summed E-state index contributed by atoms with van der Waals surface area (Å²) in [6, 6.07) is 25.4. The smallest absolute Gasteiger partial charge is 0.253 e. The fourth-order valence-electron chi connectivity index (χ4n) is 3.43. The second-order valence-electron chi connectivity index (χ2n) is 6.64. The van der Waals surface area contributed by atoms with E-state index >= 15 is 0 Å². The van der Waals surface area contributed by atoms with Crippen LogP contribution in [0.1, 0.15) is 34.7 Å². The van der Waals surface area contributed by atoms with E-state index < -0.39 is 0 Å². The second kappa shape index (κ2) is 7.87. The summed E-state index contributed by atoms with van der Waals surface area (Å²) in [4.78, 5) is 17.3. The Morgan fingerprint density at radius 1 is 1.00 bits per heavy atom. The first-order valence-electron chi connectivity index (χ1n) is 9.18. The lowest BCUT2D eigenvalue weighted by molar-refractivity contribution is 0.0949. The Balaban J connectivity index is 1.67. The van der Waals surface area contributed by atoms with Crippen LogP contribution in [0.5, 0.6) is 0 Å². The average molecular weight is 390 g/mol. The van der Waals surface area contributed by atoms with Crippen LogP contribution in [0.15, 0.2) is 78.9 Å². The van der Waals surface area contributed by atoms with Crippen molar-refractivity contribution in [2.24, 2.45) is 0 Å². The number of hydrogen-bond donors (Lipinski definition) is 1. The average Bonchev–Trinajstić information content (AvgIpc) is 3.11. The van der Waals surface area contributed by atoms with Crippen molar-refractivity contribution >= 4 is 28.5 Å². The van der Waals surface area contributed by atoms with Crippen LogP contribution in [0.2, 0.25) is 5.02 Å². The molecule has 1 amide bonds. The van der Waals surface area contributed by atoms with Gasteiger partial charge in [0, 0.05) is 0 Å². The van der Waals surface area contributed by atoms with Crippen LogP contribution in [0.3, 0.4) is 0 Å². The fraction of sp³-hybridized carbons (Fsp3) is 0.130. The van der Waals surface area contributed by atoms with Gasteiger partial charge in [-0.1, -0.05) is 66.2 Å². The van der Waals surface area contributed by atoms with Gasteiger partial charge in [-0.25, -0.2) is 4.98 Å². The number of fused-ring (bicyclic) bond motifs is 1. The Bertz CT molecular complexity index is 1120. The maximum Gasteiger partial charge on any atom is 0.253 e. The molecule has 0 aliphatic heterocycles. The molecule has 0 aliphatic carbocycles. The van der Waals surface area contributed by atoms with Crippen LogP contribution < -0.4 is 5.32 Å². The summed E-state index contributed by atoms with van der Waals surface area (Å²) >= 11 is 6.15. The maximum atomic E-state index is 12.6. The van der Waals surface area contributed by atoms with E-state index in [1.807, 2.05) is 36.4 Å². The molecule has 1 N–H and O–H groups in total. The summed E-state index contributed by atoms with van der Waals surface area (Å²) in [6.45, 7) is 2.46. The SMILES string of the molecule is CC(c1ccccc1)n1c(CNC(=O)c2ccccc2Cl)nc2ccccc21. The molecule has 1 aromatic heterocycles. The molecule has 4 aromatic rings. The summed E-state index contributed by atoms with van der Waals surface area (Å²) in [5, 5.41) is 3.39. The van der Waals surface area contributed by atoms with Crippen molar-refractivity contribution in [3.8, 4) is 0 Å². The van der Waals surface area contributed by atoms with E-state index in [0.717, 1.165) is 16.9 Å². The van der Waals surface area contributed by atoms with Crippen molar-refractivity contribution in [1.29, 1.82) is 0 Å². The van der Waals surface area contributed by atoms with Crippen LogP contribution in [-0.4, -0.2) is 15.5 Å². The molecule has 140 valence electrons. The maximum absolute atomic E-state index is 12.6. The minimum Gasteiger partial charge on any atom is -0.345 e. The second-order valence-corrected chi connectivity index (χ2v) is 7.04. The zero-order valence-corrected chi connectivity index (χ0v) is 16.2. The number of carbonyl (C=O) groups excluding carboxylic acids is 1. The van der Waals surface area contributed by atoms with Crippen LogP contribution in [0.4, 0.5) is 0 Å². The molecule has 0 saturated carbocycles. The number of nitrogens with zero attached hydrogens (tertiary/aromatic N) is 2. The fourth-order valence-corrected chi connectivity index (χ4v) is 3.65. The Labute approximate surface area is 168 Å². The standard InChI is InChI=1S/C23H20ClN3O/c1-16(17-9-3-2-4-10-17)27-21-14-8-7-13-20(21)26-22(27)15-25-23(28)18-11-5-6-12-19(18)24/h2-14,16H,15H2,1H3,(H,25,28). The molecular weight excluding hydrogens is 370 g/mol. The number of benzene rings is 3. The third kappa shape index (κ3) is 3.51. The summed E-state index contributed by atoms with van der Waals surface area (Å²) in [5.41, 5.74) is 3.60. The first-order chi connectivity index (χ1) is 13.6. The predicted molar refractivity (Wildman–Crippen MR) is 113 cm³/mol. The highest BCUT2D eigenvalue weighted by Crippen LogP contribution is 2.26. The third-order valence-electron chi connectivity index (χ3n) is 4.86. The van der Waals surface area contributed by atoms with Crippen LogP contribution in [0.25, 0.3) is 11.0 Å². The Kier molecular flexibility index (Phi) is 5.13. The molecule has 28 heavy (non-hydrogen) atoms. The van der Waals surface area contributed by atoms with E-state index in [2.05, 4.69) is 35.0 Å². The first-order valence-corrected chi connectivity index (χ1v) is 9.56. The number of rotatable bonds is 5. The lowest BCUT2D eigenvalue weighted by Gasteiger charge is -2.18. The number of aromatic nitrogens is 2. The molecule has 1 atom stereocenters. The lowest BCUT2D eigenvalue weighted by Crippen LogP contribution is -2.25. The van der Waals surface area contributed by atoms with Crippen LogP contribution >= 0.6 is 11.6 Å². The normalized spacial score (nSPS) is 12.1. The molecule has 0 saturated heterocycles. The zero-order valence-electron chi connectivity index (χ0n) is 15.5. The zero-order chi connectivity index (χ0) is 19.5. The van der Waals surface area contributed by atoms with E-state index in [4.69, 9.17) is 16.6 Å². The van der Waals surface area contributed by atoms with Gasteiger partial charge in [-0.2, -0.15) is 0 Å². The monoisotopic (exact) mass is 389 g/mol. The van der Waals surface area contributed by atoms with Gasteiger partial charge >= 0.3 is 0 Å². The van der Waals surface area contributed by atoms with Gasteiger partial charge in [0.05, 0.1) is 34.2 Å². The largest absolute Gasteiger partial charge is 0.345 e. The van der Waals surface area contributed by atoms with Gasteiger partial charge in [0.25, 0.3) is 5.91 Å². The molecule has 3 aromatic carbocycles. The number of imidazole rings is 1. The third-order valence-corrected chi connectivity index (χ3v) is 5.19. The molecule has 0 fully saturated rings. The van der Waals surface area contributed by atoms with E-state index in [0.29, 0.717) is 17.1 Å². The number of nitrogens with one attached hydrogen (secondary N) is 1. The number of carbonyl (C=O) groups is 1. The van der Waals surface area contributed by atoms with Crippen molar-refractivity contribution in [2.75, 3.05) is 0 Å². The molecule has 1 unspecified atom stereocenters. The van der Waals surface area contributed by atoms with E-state index in [1.165, 1.54) is 5.56 Å². The van der Waals surface area contributed by atoms with E-state index in [1.54, 1.807) is 24.3 Å². The summed E-state index contributed by atoms with van der Waals surface area (Å²) < 4.78 is 2.18. The highest BCUT2D eigenvalue weighted by Gasteiger charge is 2.18. The highest BCUT2D eigenvalue weighted by atomic mass is 35.5. The summed E-state index contributed by atoms with van der Waals surface area (Å²) in [6.07, 6.45) is 0. The van der Waals surface area contributed by atoms with Gasteiger partial charge in [0.1, 0.15) is 5.82 Å². The van der Waals surface area contributed by atoms with Crippen molar-refractivity contribution in [2.45, 2.75) is 19.5 Å². The van der Waals surface area contributed by atoms with Gasteiger partial charge in [0.2, 0.25) is 0 Å². The Hall–Kier alpha value is -3.11. The Morgan fingerprint density at radius 2 is 1.68 bits per heavy atom. The van der Waals surface area contributed by atoms with Gasteiger partial charge in [-0.3, -0.25) is 4.79 Å². The van der Waals surface area contributed by atoms with E-state index in [9.17, 15) is 4.79 Å². The minimum atomic E-state index is -0.212. The van der Waals surface area contributed by atoms with Crippen molar-refractivity contribution in [1.82, 2.24) is 14.9 Å². The Morgan fingerprint density at radius 3 is 2.46 bits per heavy atom. The van der Waals surface area contributed by atoms with Crippen LogP contribution in [0, 0.1) is 0 Å². The van der Waals surface area contributed by atoms with Crippen molar-refractivity contribution < 1.29 is 4.79 Å². The quantitative estimate of drug-likeness (QED) is 0.508.